The number of amides is 1. The van der Waals surface area contributed by atoms with Crippen LogP contribution >= 0.6 is 11.6 Å². The van der Waals surface area contributed by atoms with Gasteiger partial charge in [-0.15, -0.1) is 0 Å². The molecule has 1 aromatic carbocycles. The quantitative estimate of drug-likeness (QED) is 0.456. The fourth-order valence-corrected chi connectivity index (χ4v) is 4.08. The molecule has 0 N–H and O–H groups in total. The van der Waals surface area contributed by atoms with E-state index in [9.17, 15) is 9.18 Å². The van der Waals surface area contributed by atoms with Crippen molar-refractivity contribution >= 4 is 28.7 Å². The highest BCUT2D eigenvalue weighted by Gasteiger charge is 2.29. The molecular formula is C24H26ClFN2O4. The number of halogens is 2. The summed E-state index contributed by atoms with van der Waals surface area (Å²) >= 11 is 6.14. The van der Waals surface area contributed by atoms with E-state index in [1.807, 2.05) is 32.9 Å². The van der Waals surface area contributed by atoms with Gasteiger partial charge in [-0.3, -0.25) is 4.98 Å². The van der Waals surface area contributed by atoms with Gasteiger partial charge >= 0.3 is 6.09 Å². The maximum absolute atomic E-state index is 13.6. The fourth-order valence-electron chi connectivity index (χ4n) is 3.88. The molecule has 1 fully saturated rings. The van der Waals surface area contributed by atoms with E-state index in [1.54, 1.807) is 23.2 Å². The summed E-state index contributed by atoms with van der Waals surface area (Å²) < 4.78 is 30.4. The first kappa shape index (κ1) is 22.4. The Morgan fingerprint density at radius 2 is 2.03 bits per heavy atom. The van der Waals surface area contributed by atoms with E-state index in [4.69, 9.17) is 25.5 Å². The summed E-state index contributed by atoms with van der Waals surface area (Å²) in [5, 5.41) is 0.946. The van der Waals surface area contributed by atoms with Gasteiger partial charge in [0.15, 0.2) is 0 Å². The molecule has 0 bridgehead atoms. The second-order valence-electron chi connectivity index (χ2n) is 8.92. The first-order chi connectivity index (χ1) is 15.2. The first-order valence-corrected chi connectivity index (χ1v) is 11.0. The number of nitrogens with zero attached hydrogens (tertiary/aromatic N) is 2. The van der Waals surface area contributed by atoms with E-state index in [-0.39, 0.29) is 18.6 Å². The Balaban J connectivity index is 1.44. The summed E-state index contributed by atoms with van der Waals surface area (Å²) in [5.41, 5.74) is 1.42. The van der Waals surface area contributed by atoms with Gasteiger partial charge in [-0.2, -0.15) is 4.39 Å². The summed E-state index contributed by atoms with van der Waals surface area (Å²) in [7, 11) is 0. The van der Waals surface area contributed by atoms with Crippen LogP contribution in [-0.2, 0) is 11.3 Å². The largest absolute Gasteiger partial charge is 0.487 e. The topological polar surface area (TPSA) is 64.8 Å². The minimum Gasteiger partial charge on any atom is -0.487 e. The Kier molecular flexibility index (Phi) is 6.29. The van der Waals surface area contributed by atoms with E-state index in [2.05, 4.69) is 4.98 Å². The molecule has 1 aliphatic heterocycles. The molecule has 32 heavy (non-hydrogen) atoms. The molecule has 0 radical (unpaired) electrons. The highest BCUT2D eigenvalue weighted by Crippen LogP contribution is 2.34. The summed E-state index contributed by atoms with van der Waals surface area (Å²) in [4.78, 5) is 18.6. The van der Waals surface area contributed by atoms with Gasteiger partial charge in [0.2, 0.25) is 0 Å². The lowest BCUT2D eigenvalue weighted by molar-refractivity contribution is 0.0203. The smallest absolute Gasteiger partial charge is 0.410 e. The highest BCUT2D eigenvalue weighted by molar-refractivity contribution is 6.35. The third kappa shape index (κ3) is 4.99. The summed E-state index contributed by atoms with van der Waals surface area (Å²) in [5.74, 6) is 0.828. The van der Waals surface area contributed by atoms with Crippen LogP contribution in [0.15, 0.2) is 40.9 Å². The average molecular weight is 461 g/mol. The molecule has 3 aromatic rings. The number of hydrogen-bond acceptors (Lipinski definition) is 5. The van der Waals surface area contributed by atoms with Crippen molar-refractivity contribution in [3.8, 4) is 5.75 Å². The van der Waals surface area contributed by atoms with Crippen LogP contribution in [0.1, 0.15) is 50.8 Å². The molecule has 0 unspecified atom stereocenters. The number of carbonyl (C=O) groups is 1. The van der Waals surface area contributed by atoms with Gasteiger partial charge < -0.3 is 18.8 Å². The Morgan fingerprint density at radius 1 is 1.28 bits per heavy atom. The van der Waals surface area contributed by atoms with Gasteiger partial charge in [-0.1, -0.05) is 17.7 Å². The summed E-state index contributed by atoms with van der Waals surface area (Å²) in [6.45, 7) is 6.97. The molecule has 0 spiro atoms. The lowest BCUT2D eigenvalue weighted by Crippen LogP contribution is -2.41. The first-order valence-electron chi connectivity index (χ1n) is 10.6. The van der Waals surface area contributed by atoms with E-state index in [0.717, 1.165) is 18.5 Å². The minimum atomic E-state index is -0.687. The van der Waals surface area contributed by atoms with Crippen LogP contribution in [-0.4, -0.2) is 34.7 Å². The Labute approximate surface area is 191 Å². The number of benzene rings is 1. The lowest BCUT2D eigenvalue weighted by atomic mass is 9.92. The maximum Gasteiger partial charge on any atom is 0.410 e. The van der Waals surface area contributed by atoms with Gasteiger partial charge in [0.05, 0.1) is 10.7 Å². The van der Waals surface area contributed by atoms with Crippen LogP contribution in [0, 0.1) is 6.01 Å². The number of aromatic nitrogens is 1. The van der Waals surface area contributed by atoms with Crippen molar-refractivity contribution in [1.82, 2.24) is 9.88 Å². The zero-order chi connectivity index (χ0) is 22.9. The standard InChI is InChI=1S/C24H26ClFN2O4/c1-24(2,3)32-23(29)28-11-8-15(9-12-28)21-19(5-4-10-27-21)30-14-16-6-7-18(25)17-13-20(26)31-22(16)17/h4-7,10,13,15H,8-9,11-12,14H2,1-3H3. The van der Waals surface area contributed by atoms with Crippen molar-refractivity contribution in [1.29, 1.82) is 0 Å². The second kappa shape index (κ2) is 8.98. The van der Waals surface area contributed by atoms with Crippen LogP contribution in [0.3, 0.4) is 0 Å². The van der Waals surface area contributed by atoms with Crippen molar-refractivity contribution in [2.24, 2.45) is 0 Å². The van der Waals surface area contributed by atoms with Gasteiger partial charge in [-0.05, 0) is 51.8 Å². The number of piperidine rings is 1. The van der Waals surface area contributed by atoms with Gasteiger partial charge in [0.1, 0.15) is 23.5 Å². The number of rotatable bonds is 4. The lowest BCUT2D eigenvalue weighted by Gasteiger charge is -2.33. The molecular weight excluding hydrogens is 435 g/mol. The fraction of sp³-hybridized carbons (Fsp3) is 0.417. The van der Waals surface area contributed by atoms with Crippen molar-refractivity contribution in [3.63, 3.8) is 0 Å². The average Bonchev–Trinajstić information content (AvgIpc) is 3.15. The van der Waals surface area contributed by atoms with E-state index in [0.29, 0.717) is 40.4 Å². The van der Waals surface area contributed by atoms with Crippen molar-refractivity contribution in [2.75, 3.05) is 13.1 Å². The zero-order valence-electron chi connectivity index (χ0n) is 18.4. The molecule has 1 saturated heterocycles. The molecule has 0 saturated carbocycles. The third-order valence-corrected chi connectivity index (χ3v) is 5.73. The van der Waals surface area contributed by atoms with Gasteiger partial charge in [0.25, 0.3) is 6.01 Å². The predicted molar refractivity (Wildman–Crippen MR) is 120 cm³/mol. The van der Waals surface area contributed by atoms with Crippen LogP contribution in [0.2, 0.25) is 5.02 Å². The Bertz CT molecular complexity index is 1120. The Hall–Kier alpha value is -2.80. The molecule has 4 rings (SSSR count). The van der Waals surface area contributed by atoms with Crippen LogP contribution < -0.4 is 4.74 Å². The van der Waals surface area contributed by atoms with E-state index < -0.39 is 11.6 Å². The summed E-state index contributed by atoms with van der Waals surface area (Å²) in [6, 6.07) is 7.75. The minimum absolute atomic E-state index is 0.163. The second-order valence-corrected chi connectivity index (χ2v) is 9.32. The molecule has 1 aliphatic rings. The number of hydrogen-bond donors (Lipinski definition) is 0. The third-order valence-electron chi connectivity index (χ3n) is 5.40. The van der Waals surface area contributed by atoms with Crippen LogP contribution in [0.5, 0.6) is 5.75 Å². The Morgan fingerprint density at radius 3 is 2.75 bits per heavy atom. The number of ether oxygens (including phenoxy) is 2. The number of carbonyl (C=O) groups excluding carboxylic acids is 1. The molecule has 2 aromatic heterocycles. The normalized spacial score (nSPS) is 15.2. The van der Waals surface area contributed by atoms with Crippen molar-refractivity contribution in [2.45, 2.75) is 51.7 Å². The number of likely N-dealkylation sites (tertiary alicyclic amines) is 1. The van der Waals surface area contributed by atoms with Gasteiger partial charge in [-0.25, -0.2) is 4.79 Å². The monoisotopic (exact) mass is 460 g/mol. The zero-order valence-corrected chi connectivity index (χ0v) is 19.1. The number of fused-ring (bicyclic) bond motifs is 1. The SMILES string of the molecule is CC(C)(C)OC(=O)N1CCC(c2ncccc2OCc2ccc(Cl)c3cc(F)oc23)CC1. The predicted octanol–water partition coefficient (Wildman–Crippen LogP) is 6.31. The van der Waals surface area contributed by atoms with Crippen LogP contribution in [0.4, 0.5) is 9.18 Å². The number of furan rings is 1. The van der Waals surface area contributed by atoms with Crippen molar-refractivity contribution in [3.05, 3.63) is 58.8 Å². The van der Waals surface area contributed by atoms with Crippen molar-refractivity contribution < 1.29 is 23.1 Å². The highest BCUT2D eigenvalue weighted by atomic mass is 35.5. The molecule has 0 aliphatic carbocycles. The van der Waals surface area contributed by atoms with Gasteiger partial charge in [0, 0.05) is 42.2 Å². The molecule has 0 atom stereocenters. The number of pyridine rings is 1. The molecule has 3 heterocycles. The van der Waals surface area contributed by atoms with Crippen LogP contribution in [0.25, 0.3) is 11.0 Å². The summed E-state index contributed by atoms with van der Waals surface area (Å²) in [6.07, 6.45) is 2.98. The molecule has 1 amide bonds. The maximum atomic E-state index is 13.6. The molecule has 170 valence electrons. The van der Waals surface area contributed by atoms with E-state index in [1.165, 1.54) is 6.07 Å². The molecule has 6 nitrogen and oxygen atoms in total. The molecule has 8 heteroatoms. The van der Waals surface area contributed by atoms with E-state index >= 15 is 0 Å².